The van der Waals surface area contributed by atoms with Crippen LogP contribution in [0.2, 0.25) is 0 Å². The summed E-state index contributed by atoms with van der Waals surface area (Å²) in [6, 6.07) is 3.57. The Bertz CT molecular complexity index is 884. The smallest absolute Gasteiger partial charge is 0.352 e. The first-order valence-electron chi connectivity index (χ1n) is 9.87. The molecule has 4 atom stereocenters. The molecule has 2 heterocycles. The number of nitrogens with zero attached hydrogens (tertiary/aromatic N) is 1. The fourth-order valence-corrected chi connectivity index (χ4v) is 6.35. The highest BCUT2D eigenvalue weighted by atomic mass is 32.2. The van der Waals surface area contributed by atoms with E-state index in [0.29, 0.717) is 6.07 Å². The minimum atomic E-state index is -4.60. The summed E-state index contributed by atoms with van der Waals surface area (Å²) in [7, 11) is -4.02. The Balaban J connectivity index is 1.47. The number of rotatable bonds is 4. The number of halogens is 3. The lowest BCUT2D eigenvalue weighted by molar-refractivity contribution is -0.137. The molecular formula is C19H24F3N3O3S. The molecule has 160 valence electrons. The number of hydrogen-bond acceptors (Lipinski definition) is 4. The Morgan fingerprint density at radius 2 is 1.97 bits per heavy atom. The number of benzene rings is 1. The molecule has 1 aromatic carbocycles. The van der Waals surface area contributed by atoms with Gasteiger partial charge in [-0.25, -0.2) is 8.42 Å². The van der Waals surface area contributed by atoms with Gasteiger partial charge in [0.05, 0.1) is 16.5 Å². The SMILES string of the molecule is O=C(N[C@H]1CC[C@@H]2CN(S(=O)(=O)c3cccc(C(F)(F)F)c3)C[C@@H]21)[C@@H]1CCCN1. The molecule has 3 fully saturated rings. The molecule has 0 radical (unpaired) electrons. The summed E-state index contributed by atoms with van der Waals surface area (Å²) >= 11 is 0. The van der Waals surface area contributed by atoms with Gasteiger partial charge < -0.3 is 10.6 Å². The van der Waals surface area contributed by atoms with Gasteiger partial charge in [-0.3, -0.25) is 4.79 Å². The van der Waals surface area contributed by atoms with Crippen molar-refractivity contribution in [1.29, 1.82) is 0 Å². The highest BCUT2D eigenvalue weighted by Crippen LogP contribution is 2.40. The van der Waals surface area contributed by atoms with Crippen LogP contribution < -0.4 is 10.6 Å². The number of carbonyl (C=O) groups excluding carboxylic acids is 1. The number of nitrogens with one attached hydrogen (secondary N) is 2. The van der Waals surface area contributed by atoms with E-state index in [0.717, 1.165) is 44.4 Å². The molecule has 29 heavy (non-hydrogen) atoms. The van der Waals surface area contributed by atoms with Gasteiger partial charge in [-0.2, -0.15) is 17.5 Å². The summed E-state index contributed by atoms with van der Waals surface area (Å²) in [6.07, 6.45) is -1.26. The molecule has 6 nitrogen and oxygen atoms in total. The van der Waals surface area contributed by atoms with Gasteiger partial charge in [-0.15, -0.1) is 0 Å². The summed E-state index contributed by atoms with van der Waals surface area (Å²) < 4.78 is 66.1. The van der Waals surface area contributed by atoms with Gasteiger partial charge in [0, 0.05) is 19.1 Å². The maximum Gasteiger partial charge on any atom is 0.416 e. The highest BCUT2D eigenvalue weighted by Gasteiger charge is 2.47. The largest absolute Gasteiger partial charge is 0.416 e. The molecule has 3 aliphatic rings. The van der Waals surface area contributed by atoms with Crippen molar-refractivity contribution < 1.29 is 26.4 Å². The molecule has 1 aromatic rings. The number of amides is 1. The van der Waals surface area contributed by atoms with Crippen LogP contribution in [0.3, 0.4) is 0 Å². The molecule has 0 unspecified atom stereocenters. The summed E-state index contributed by atoms with van der Waals surface area (Å²) in [5.74, 6) is 0.0469. The maximum atomic E-state index is 13.0. The Hall–Kier alpha value is -1.65. The van der Waals surface area contributed by atoms with Crippen LogP contribution in [0.15, 0.2) is 29.2 Å². The lowest BCUT2D eigenvalue weighted by Crippen LogP contribution is -2.47. The van der Waals surface area contributed by atoms with Crippen molar-refractivity contribution in [2.45, 2.75) is 48.8 Å². The van der Waals surface area contributed by atoms with Crippen LogP contribution in [0, 0.1) is 11.8 Å². The van der Waals surface area contributed by atoms with Gasteiger partial charge in [0.1, 0.15) is 0 Å². The van der Waals surface area contributed by atoms with Crippen molar-refractivity contribution >= 4 is 15.9 Å². The van der Waals surface area contributed by atoms with Crippen LogP contribution in [0.5, 0.6) is 0 Å². The predicted molar refractivity (Wildman–Crippen MR) is 99.4 cm³/mol. The van der Waals surface area contributed by atoms with Crippen molar-refractivity contribution in [2.75, 3.05) is 19.6 Å². The van der Waals surface area contributed by atoms with E-state index in [4.69, 9.17) is 0 Å². The van der Waals surface area contributed by atoms with E-state index in [9.17, 15) is 26.4 Å². The fourth-order valence-electron chi connectivity index (χ4n) is 4.77. The topological polar surface area (TPSA) is 78.5 Å². The van der Waals surface area contributed by atoms with Gasteiger partial charge in [0.25, 0.3) is 0 Å². The van der Waals surface area contributed by atoms with E-state index in [2.05, 4.69) is 10.6 Å². The van der Waals surface area contributed by atoms with Crippen LogP contribution in [-0.2, 0) is 21.0 Å². The van der Waals surface area contributed by atoms with Crippen molar-refractivity contribution in [1.82, 2.24) is 14.9 Å². The molecule has 10 heteroatoms. The highest BCUT2D eigenvalue weighted by molar-refractivity contribution is 7.89. The van der Waals surface area contributed by atoms with E-state index in [1.54, 1.807) is 0 Å². The summed E-state index contributed by atoms with van der Waals surface area (Å²) in [4.78, 5) is 12.1. The van der Waals surface area contributed by atoms with E-state index >= 15 is 0 Å². The van der Waals surface area contributed by atoms with Gasteiger partial charge in [-0.05, 0) is 62.3 Å². The Labute approximate surface area is 167 Å². The molecule has 2 aliphatic heterocycles. The molecular weight excluding hydrogens is 407 g/mol. The van der Waals surface area contributed by atoms with Crippen LogP contribution in [0.25, 0.3) is 0 Å². The van der Waals surface area contributed by atoms with Gasteiger partial charge in [-0.1, -0.05) is 6.07 Å². The molecule has 2 saturated heterocycles. The zero-order chi connectivity index (χ0) is 20.8. The Morgan fingerprint density at radius 1 is 1.17 bits per heavy atom. The number of sulfonamides is 1. The van der Waals surface area contributed by atoms with Gasteiger partial charge in [0.15, 0.2) is 0 Å². The molecule has 0 bridgehead atoms. The van der Waals surface area contributed by atoms with Crippen LogP contribution in [0.4, 0.5) is 13.2 Å². The number of carbonyl (C=O) groups is 1. The number of alkyl halides is 3. The average Bonchev–Trinajstić information content (AvgIpc) is 3.39. The third-order valence-corrected chi connectivity index (χ3v) is 8.15. The lowest BCUT2D eigenvalue weighted by atomic mass is 9.97. The van der Waals surface area contributed by atoms with Gasteiger partial charge >= 0.3 is 6.18 Å². The summed E-state index contributed by atoms with van der Waals surface area (Å²) in [5, 5.41) is 6.21. The molecule has 4 rings (SSSR count). The second-order valence-corrected chi connectivity index (χ2v) is 10.1. The van der Waals surface area contributed by atoms with E-state index in [1.165, 1.54) is 10.4 Å². The molecule has 1 saturated carbocycles. The third-order valence-electron chi connectivity index (χ3n) is 6.33. The predicted octanol–water partition coefficient (Wildman–Crippen LogP) is 1.97. The van der Waals surface area contributed by atoms with Crippen LogP contribution in [-0.4, -0.2) is 50.3 Å². The number of fused-ring (bicyclic) bond motifs is 1. The van der Waals surface area contributed by atoms with Crippen LogP contribution in [0.1, 0.15) is 31.2 Å². The van der Waals surface area contributed by atoms with Crippen molar-refractivity contribution in [3.8, 4) is 0 Å². The zero-order valence-electron chi connectivity index (χ0n) is 15.8. The summed E-state index contributed by atoms with van der Waals surface area (Å²) in [6.45, 7) is 1.31. The molecule has 0 aromatic heterocycles. The monoisotopic (exact) mass is 431 g/mol. The first kappa shape index (κ1) is 20.6. The molecule has 2 N–H and O–H groups in total. The summed E-state index contributed by atoms with van der Waals surface area (Å²) in [5.41, 5.74) is -0.979. The first-order valence-corrected chi connectivity index (χ1v) is 11.3. The van der Waals surface area contributed by atoms with Crippen molar-refractivity contribution in [2.24, 2.45) is 11.8 Å². The van der Waals surface area contributed by atoms with E-state index in [-0.39, 0.29) is 47.8 Å². The Morgan fingerprint density at radius 3 is 2.66 bits per heavy atom. The number of hydrogen-bond donors (Lipinski definition) is 2. The molecule has 0 spiro atoms. The average molecular weight is 431 g/mol. The van der Waals surface area contributed by atoms with Crippen LogP contribution >= 0.6 is 0 Å². The minimum Gasteiger partial charge on any atom is -0.352 e. The van der Waals surface area contributed by atoms with Gasteiger partial charge in [0.2, 0.25) is 15.9 Å². The second kappa shape index (κ2) is 7.55. The van der Waals surface area contributed by atoms with E-state index in [1.807, 2.05) is 0 Å². The Kier molecular flexibility index (Phi) is 5.37. The normalized spacial score (nSPS) is 30.4. The second-order valence-electron chi connectivity index (χ2n) is 8.11. The first-order chi connectivity index (χ1) is 13.7. The third kappa shape index (κ3) is 4.02. The minimum absolute atomic E-state index is 0.0130. The standard InChI is InChI=1S/C19H24F3N3O3S/c20-19(21,22)13-3-1-4-14(9-13)29(27,28)25-10-12-6-7-16(15(12)11-25)24-18(26)17-5-2-8-23-17/h1,3-4,9,12,15-17,23H,2,5-8,10-11H2,(H,24,26)/t12-,15+,16+,17+/m1/s1. The van der Waals surface area contributed by atoms with Crippen molar-refractivity contribution in [3.63, 3.8) is 0 Å². The molecule has 1 amide bonds. The maximum absolute atomic E-state index is 13.0. The van der Waals surface area contributed by atoms with Crippen molar-refractivity contribution in [3.05, 3.63) is 29.8 Å². The van der Waals surface area contributed by atoms with E-state index < -0.39 is 21.8 Å². The zero-order valence-corrected chi connectivity index (χ0v) is 16.6. The quantitative estimate of drug-likeness (QED) is 0.764. The lowest BCUT2D eigenvalue weighted by Gasteiger charge is -2.23. The fraction of sp³-hybridized carbons (Fsp3) is 0.632. The molecule has 1 aliphatic carbocycles.